The number of hydrogen-bond donors (Lipinski definition) is 1. The highest BCUT2D eigenvalue weighted by molar-refractivity contribution is 6.19. The molecule has 64 valence electrons. The molecule has 0 aromatic rings. The van der Waals surface area contributed by atoms with Crippen molar-refractivity contribution in [1.29, 1.82) is 0 Å². The first kappa shape index (κ1) is 13.3. The first-order valence-corrected chi connectivity index (χ1v) is 3.42. The van der Waals surface area contributed by atoms with E-state index in [-0.39, 0.29) is 22.5 Å². The van der Waals surface area contributed by atoms with Gasteiger partial charge in [0.1, 0.15) is 6.10 Å². The monoisotopic (exact) mass is 231 g/mol. The van der Waals surface area contributed by atoms with Crippen LogP contribution < -0.4 is 17.0 Å². The largest absolute Gasteiger partial charge is 1.00 e. The molecule has 1 N–H and O–H groups in total. The van der Waals surface area contributed by atoms with Crippen LogP contribution in [0.4, 0.5) is 0 Å². The minimum Gasteiger partial charge on any atom is -1.00 e. The zero-order valence-electron chi connectivity index (χ0n) is 6.81. The quantitative estimate of drug-likeness (QED) is 0.321. The number of nitrogens with zero attached hydrogens (tertiary/aromatic N) is 1. The number of likely N-dealkylation sites (N-methyl/N-ethyl adjacent to an activating group) is 1. The Hall–Kier alpha value is 0.690. The van der Waals surface area contributed by atoms with Gasteiger partial charge in [0.05, 0.1) is 21.1 Å². The standard InChI is InChI=1S/C6H15ClNO.BrH/c1-5(9)6(7)8(2,3)4;/h5-6,9H,1-4H3;1H/q+1;/p-1. The van der Waals surface area contributed by atoms with Crippen molar-refractivity contribution in [2.24, 2.45) is 0 Å². The maximum Gasteiger partial charge on any atom is 0.190 e. The lowest BCUT2D eigenvalue weighted by molar-refractivity contribution is -0.885. The van der Waals surface area contributed by atoms with Gasteiger partial charge in [0, 0.05) is 0 Å². The van der Waals surface area contributed by atoms with E-state index in [1.807, 2.05) is 21.1 Å². The van der Waals surface area contributed by atoms with Crippen LogP contribution in [-0.4, -0.2) is 42.3 Å². The van der Waals surface area contributed by atoms with Crippen molar-refractivity contribution in [2.45, 2.75) is 18.5 Å². The fraction of sp³-hybridized carbons (Fsp3) is 1.00. The molecule has 0 aliphatic carbocycles. The van der Waals surface area contributed by atoms with Crippen molar-refractivity contribution in [3.63, 3.8) is 0 Å². The number of quaternary nitrogens is 1. The van der Waals surface area contributed by atoms with Gasteiger partial charge in [0.15, 0.2) is 5.50 Å². The average Bonchev–Trinajstić information content (AvgIpc) is 1.62. The number of hydrogen-bond acceptors (Lipinski definition) is 1. The Kier molecular flexibility index (Phi) is 6.04. The van der Waals surface area contributed by atoms with Gasteiger partial charge in [-0.15, -0.1) is 0 Å². The van der Waals surface area contributed by atoms with Crippen molar-refractivity contribution in [3.05, 3.63) is 0 Å². The number of aliphatic hydroxyl groups excluding tert-OH is 1. The molecule has 0 aliphatic heterocycles. The number of alkyl halides is 1. The van der Waals surface area contributed by atoms with Crippen molar-refractivity contribution >= 4 is 11.6 Å². The second-order valence-corrected chi connectivity index (χ2v) is 3.68. The van der Waals surface area contributed by atoms with E-state index < -0.39 is 6.10 Å². The molecule has 0 spiro atoms. The van der Waals surface area contributed by atoms with E-state index >= 15 is 0 Å². The summed E-state index contributed by atoms with van der Waals surface area (Å²) in [5, 5.41) is 9.01. The number of aliphatic hydroxyl groups is 1. The summed E-state index contributed by atoms with van der Waals surface area (Å²) in [6.45, 7) is 1.70. The van der Waals surface area contributed by atoms with Crippen LogP contribution in [0.1, 0.15) is 6.92 Å². The third-order valence-corrected chi connectivity index (χ3v) is 2.09. The van der Waals surface area contributed by atoms with E-state index in [1.54, 1.807) is 6.92 Å². The summed E-state index contributed by atoms with van der Waals surface area (Å²) in [5.74, 6) is 0. The van der Waals surface area contributed by atoms with Gasteiger partial charge in [-0.1, -0.05) is 11.6 Å². The minimum atomic E-state index is -0.452. The smallest absolute Gasteiger partial charge is 0.190 e. The predicted octanol–water partition coefficient (Wildman–Crippen LogP) is -2.36. The van der Waals surface area contributed by atoms with Gasteiger partial charge >= 0.3 is 0 Å². The Morgan fingerprint density at radius 3 is 1.60 bits per heavy atom. The molecule has 4 heteroatoms. The fourth-order valence-electron chi connectivity index (χ4n) is 0.647. The van der Waals surface area contributed by atoms with E-state index in [0.29, 0.717) is 4.48 Å². The first-order chi connectivity index (χ1) is 3.85. The summed E-state index contributed by atoms with van der Waals surface area (Å²) in [4.78, 5) is 0. The van der Waals surface area contributed by atoms with E-state index in [1.165, 1.54) is 0 Å². The molecule has 0 fully saturated rings. The van der Waals surface area contributed by atoms with Gasteiger partial charge in [-0.3, -0.25) is 0 Å². The molecule has 0 rings (SSSR count). The molecule has 0 saturated carbocycles. The van der Waals surface area contributed by atoms with E-state index in [2.05, 4.69) is 0 Å². The van der Waals surface area contributed by atoms with Gasteiger partial charge in [-0.05, 0) is 6.92 Å². The van der Waals surface area contributed by atoms with Crippen LogP contribution in [-0.2, 0) is 0 Å². The molecule has 2 unspecified atom stereocenters. The van der Waals surface area contributed by atoms with Crippen LogP contribution in [0.25, 0.3) is 0 Å². The lowest BCUT2D eigenvalue weighted by Gasteiger charge is -2.31. The summed E-state index contributed by atoms with van der Waals surface area (Å²) in [6.07, 6.45) is -0.452. The second-order valence-electron chi connectivity index (χ2n) is 3.23. The molecule has 0 aromatic carbocycles. The van der Waals surface area contributed by atoms with E-state index in [9.17, 15) is 0 Å². The van der Waals surface area contributed by atoms with Crippen LogP contribution in [0, 0.1) is 0 Å². The highest BCUT2D eigenvalue weighted by Crippen LogP contribution is 2.11. The molecule has 0 amide bonds. The molecule has 2 nitrogen and oxygen atoms in total. The fourth-order valence-corrected chi connectivity index (χ4v) is 0.647. The molecule has 0 saturated heterocycles. The van der Waals surface area contributed by atoms with Gasteiger partial charge in [-0.2, -0.15) is 0 Å². The molecule has 0 bridgehead atoms. The summed E-state index contributed by atoms with van der Waals surface area (Å²) in [7, 11) is 5.85. The molecular weight excluding hydrogens is 217 g/mol. The molecule has 0 radical (unpaired) electrons. The van der Waals surface area contributed by atoms with Crippen LogP contribution in [0.2, 0.25) is 0 Å². The van der Waals surface area contributed by atoms with Crippen LogP contribution in [0.3, 0.4) is 0 Å². The minimum absolute atomic E-state index is 0. The Bertz CT molecular complexity index is 92.2. The lowest BCUT2D eigenvalue weighted by Crippen LogP contribution is -3.00. The Labute approximate surface area is 78.1 Å². The summed E-state index contributed by atoms with van der Waals surface area (Å²) < 4.78 is 0.583. The second kappa shape index (κ2) is 4.54. The Morgan fingerprint density at radius 2 is 1.60 bits per heavy atom. The third-order valence-electron chi connectivity index (χ3n) is 1.14. The normalized spacial score (nSPS) is 17.4. The SMILES string of the molecule is CC(O)C(Cl)[N+](C)(C)C.[Br-]. The summed E-state index contributed by atoms with van der Waals surface area (Å²) in [6, 6.07) is 0. The third kappa shape index (κ3) is 4.50. The number of rotatable bonds is 2. The van der Waals surface area contributed by atoms with Crippen LogP contribution in [0.5, 0.6) is 0 Å². The van der Waals surface area contributed by atoms with Crippen molar-refractivity contribution in [3.8, 4) is 0 Å². The van der Waals surface area contributed by atoms with Crippen molar-refractivity contribution in [1.82, 2.24) is 0 Å². The highest BCUT2D eigenvalue weighted by atomic mass is 79.9. The number of halogens is 2. The zero-order chi connectivity index (χ0) is 7.65. The molecular formula is C6H15BrClNO. The Balaban J connectivity index is 0. The molecule has 0 aromatic heterocycles. The average molecular weight is 233 g/mol. The first-order valence-electron chi connectivity index (χ1n) is 2.99. The predicted molar refractivity (Wildman–Crippen MR) is 39.4 cm³/mol. The zero-order valence-corrected chi connectivity index (χ0v) is 9.15. The van der Waals surface area contributed by atoms with Crippen LogP contribution >= 0.6 is 11.6 Å². The van der Waals surface area contributed by atoms with Gasteiger partial charge in [-0.25, -0.2) is 0 Å². The van der Waals surface area contributed by atoms with E-state index in [4.69, 9.17) is 16.7 Å². The molecule has 0 aliphatic rings. The van der Waals surface area contributed by atoms with Gasteiger partial charge in [0.25, 0.3) is 0 Å². The van der Waals surface area contributed by atoms with Crippen molar-refractivity contribution < 1.29 is 26.6 Å². The summed E-state index contributed by atoms with van der Waals surface area (Å²) in [5.41, 5.74) is -0.218. The lowest BCUT2D eigenvalue weighted by atomic mass is 10.3. The van der Waals surface area contributed by atoms with Crippen molar-refractivity contribution in [2.75, 3.05) is 21.1 Å². The molecule has 10 heavy (non-hydrogen) atoms. The maximum atomic E-state index is 9.01. The maximum absolute atomic E-state index is 9.01. The van der Waals surface area contributed by atoms with Gasteiger partial charge < -0.3 is 26.6 Å². The Morgan fingerprint density at radius 1 is 1.30 bits per heavy atom. The van der Waals surface area contributed by atoms with Gasteiger partial charge in [0.2, 0.25) is 0 Å². The molecule has 0 heterocycles. The molecule has 2 atom stereocenters. The van der Waals surface area contributed by atoms with Crippen LogP contribution in [0.15, 0.2) is 0 Å². The van der Waals surface area contributed by atoms with E-state index in [0.717, 1.165) is 0 Å². The topological polar surface area (TPSA) is 20.2 Å². The highest BCUT2D eigenvalue weighted by Gasteiger charge is 2.25. The summed E-state index contributed by atoms with van der Waals surface area (Å²) >= 11 is 5.81.